The molecule has 0 aromatic carbocycles. The van der Waals surface area contributed by atoms with Crippen molar-refractivity contribution in [3.8, 4) is 0 Å². The summed E-state index contributed by atoms with van der Waals surface area (Å²) >= 11 is 0. The molecule has 0 bridgehead atoms. The third-order valence-electron chi connectivity index (χ3n) is 5.40. The zero-order valence-corrected chi connectivity index (χ0v) is 19.2. The monoisotopic (exact) mass is 464 g/mol. The van der Waals surface area contributed by atoms with E-state index in [0.29, 0.717) is 30.8 Å². The van der Waals surface area contributed by atoms with E-state index in [-0.39, 0.29) is 13.0 Å². The lowest BCUT2D eigenvalue weighted by atomic mass is 10.1. The summed E-state index contributed by atoms with van der Waals surface area (Å²) in [7, 11) is -4.63. The number of unbranched alkanes of at least 4 members (excludes halogenated alkanes) is 5. The van der Waals surface area contributed by atoms with E-state index in [1.165, 1.54) is 0 Å². The standard InChI is InChI=1S/C21H37O9P/c1-2-17-19(29-17)13-20-18(30-20)11-9-7-5-3-4-6-8-10-12-21(23)27-14-16(22)15-28-31(24,25)26/h7,9,16-20,22H,2-6,8,10-15H2,1H3,(H2,24,25,26)/b9-7-. The number of ether oxygens (including phenoxy) is 3. The molecule has 0 saturated carbocycles. The van der Waals surface area contributed by atoms with E-state index in [1.807, 2.05) is 0 Å². The zero-order chi connectivity index (χ0) is 22.7. The summed E-state index contributed by atoms with van der Waals surface area (Å²) in [4.78, 5) is 28.6. The third-order valence-corrected chi connectivity index (χ3v) is 5.89. The van der Waals surface area contributed by atoms with E-state index < -0.39 is 26.5 Å². The molecular formula is C21H37O9P. The summed E-state index contributed by atoms with van der Waals surface area (Å²) in [5.41, 5.74) is 0. The van der Waals surface area contributed by atoms with Crippen molar-refractivity contribution in [1.29, 1.82) is 0 Å². The van der Waals surface area contributed by atoms with Gasteiger partial charge >= 0.3 is 13.8 Å². The Hall–Kier alpha value is -0.800. The van der Waals surface area contributed by atoms with Gasteiger partial charge in [-0.3, -0.25) is 9.32 Å². The Morgan fingerprint density at radius 2 is 1.68 bits per heavy atom. The first-order valence-electron chi connectivity index (χ1n) is 11.3. The fraction of sp³-hybridized carbons (Fsp3) is 0.857. The van der Waals surface area contributed by atoms with Crippen LogP contribution in [0.25, 0.3) is 0 Å². The second-order valence-electron chi connectivity index (χ2n) is 8.21. The SMILES string of the molecule is CCC1OC1CC1OC1C/C=C\CCCCCCCC(=O)OCC(O)COP(=O)(O)O. The van der Waals surface area contributed by atoms with Crippen LogP contribution in [-0.2, 0) is 28.1 Å². The number of esters is 1. The Bertz CT molecular complexity index is 606. The number of hydrogen-bond acceptors (Lipinski definition) is 7. The van der Waals surface area contributed by atoms with Crippen LogP contribution in [0.5, 0.6) is 0 Å². The van der Waals surface area contributed by atoms with Crippen LogP contribution in [-0.4, -0.2) is 64.6 Å². The van der Waals surface area contributed by atoms with Gasteiger partial charge in [0.2, 0.25) is 0 Å². The second-order valence-corrected chi connectivity index (χ2v) is 9.45. The Morgan fingerprint density at radius 1 is 1.00 bits per heavy atom. The molecule has 2 rings (SSSR count). The van der Waals surface area contributed by atoms with Gasteiger partial charge in [0, 0.05) is 12.8 Å². The van der Waals surface area contributed by atoms with Crippen LogP contribution in [0.15, 0.2) is 12.2 Å². The van der Waals surface area contributed by atoms with E-state index in [9.17, 15) is 14.5 Å². The van der Waals surface area contributed by atoms with Crippen molar-refractivity contribution in [2.45, 2.75) is 102 Å². The average molecular weight is 464 g/mol. The number of phosphoric acid groups is 1. The molecule has 5 atom stereocenters. The smallest absolute Gasteiger partial charge is 0.463 e. The normalized spacial score (nSPS) is 26.2. The lowest BCUT2D eigenvalue weighted by Crippen LogP contribution is -2.23. The highest BCUT2D eigenvalue weighted by atomic mass is 31.2. The Morgan fingerprint density at radius 3 is 2.39 bits per heavy atom. The number of carbonyl (C=O) groups excluding carboxylic acids is 1. The molecule has 0 spiro atoms. The van der Waals surface area contributed by atoms with E-state index in [1.54, 1.807) is 0 Å². The van der Waals surface area contributed by atoms with E-state index in [2.05, 4.69) is 23.6 Å². The van der Waals surface area contributed by atoms with Crippen LogP contribution < -0.4 is 0 Å². The number of carbonyl (C=O) groups is 1. The van der Waals surface area contributed by atoms with E-state index in [0.717, 1.165) is 51.4 Å². The van der Waals surface area contributed by atoms with Gasteiger partial charge in [-0.15, -0.1) is 0 Å². The first-order chi connectivity index (χ1) is 14.8. The van der Waals surface area contributed by atoms with Crippen LogP contribution in [0, 0.1) is 0 Å². The molecule has 0 radical (unpaired) electrons. The maximum atomic E-state index is 11.6. The van der Waals surface area contributed by atoms with Crippen LogP contribution >= 0.6 is 7.82 Å². The number of rotatable bonds is 18. The Kier molecular flexibility index (Phi) is 11.7. The molecule has 0 aromatic rings. The van der Waals surface area contributed by atoms with Crippen LogP contribution in [0.4, 0.5) is 0 Å². The van der Waals surface area contributed by atoms with Gasteiger partial charge in [0.25, 0.3) is 0 Å². The fourth-order valence-corrected chi connectivity index (χ4v) is 3.84. The van der Waals surface area contributed by atoms with Gasteiger partial charge in [0.15, 0.2) is 0 Å². The predicted molar refractivity (Wildman–Crippen MR) is 113 cm³/mol. The molecule has 2 heterocycles. The summed E-state index contributed by atoms with van der Waals surface area (Å²) < 4.78 is 30.7. The molecule has 0 aromatic heterocycles. The number of phosphoric ester groups is 1. The predicted octanol–water partition coefficient (Wildman–Crippen LogP) is 3.01. The molecule has 10 heteroatoms. The minimum atomic E-state index is -4.63. The first kappa shape index (κ1) is 26.5. The molecule has 0 amide bonds. The van der Waals surface area contributed by atoms with Gasteiger partial charge in [0.05, 0.1) is 31.0 Å². The van der Waals surface area contributed by atoms with Crippen LogP contribution in [0.3, 0.4) is 0 Å². The lowest BCUT2D eigenvalue weighted by molar-refractivity contribution is -0.147. The highest BCUT2D eigenvalue weighted by Crippen LogP contribution is 2.38. The van der Waals surface area contributed by atoms with Crippen molar-refractivity contribution in [2.24, 2.45) is 0 Å². The highest BCUT2D eigenvalue weighted by molar-refractivity contribution is 7.46. The highest BCUT2D eigenvalue weighted by Gasteiger charge is 2.46. The molecule has 9 nitrogen and oxygen atoms in total. The average Bonchev–Trinajstić information content (AvgIpc) is 3.63. The van der Waals surface area contributed by atoms with Gasteiger partial charge in [-0.25, -0.2) is 4.57 Å². The van der Waals surface area contributed by atoms with Crippen molar-refractivity contribution < 1.29 is 43.0 Å². The summed E-state index contributed by atoms with van der Waals surface area (Å²) in [5, 5.41) is 9.43. The van der Waals surface area contributed by atoms with Gasteiger partial charge in [-0.1, -0.05) is 38.3 Å². The molecule has 0 aliphatic carbocycles. The minimum absolute atomic E-state index is 0.263. The number of hydrogen-bond donors (Lipinski definition) is 3. The molecule has 2 saturated heterocycles. The summed E-state index contributed by atoms with van der Waals surface area (Å²) in [6.07, 6.45) is 14.2. The molecule has 2 aliphatic rings. The van der Waals surface area contributed by atoms with E-state index >= 15 is 0 Å². The summed E-state index contributed by atoms with van der Waals surface area (Å²) in [6, 6.07) is 0. The second kappa shape index (κ2) is 13.7. The summed E-state index contributed by atoms with van der Waals surface area (Å²) in [6.45, 7) is 1.22. The Labute approximate surface area is 184 Å². The molecule has 5 unspecified atom stereocenters. The van der Waals surface area contributed by atoms with Crippen molar-refractivity contribution in [3.63, 3.8) is 0 Å². The number of aliphatic hydroxyl groups is 1. The van der Waals surface area contributed by atoms with Crippen molar-refractivity contribution in [3.05, 3.63) is 12.2 Å². The topological polar surface area (TPSA) is 138 Å². The molecule has 3 N–H and O–H groups in total. The maximum absolute atomic E-state index is 11.6. The Balaban J connectivity index is 1.33. The van der Waals surface area contributed by atoms with Crippen molar-refractivity contribution in [2.75, 3.05) is 13.2 Å². The van der Waals surface area contributed by atoms with Gasteiger partial charge < -0.3 is 29.1 Å². The van der Waals surface area contributed by atoms with E-state index in [4.69, 9.17) is 24.0 Å². The largest absolute Gasteiger partial charge is 0.469 e. The quantitative estimate of drug-likeness (QED) is 0.0918. The maximum Gasteiger partial charge on any atom is 0.469 e. The fourth-order valence-electron chi connectivity index (χ4n) is 3.47. The first-order valence-corrected chi connectivity index (χ1v) is 12.8. The molecular weight excluding hydrogens is 427 g/mol. The summed E-state index contributed by atoms with van der Waals surface area (Å²) in [5.74, 6) is -0.433. The molecule has 2 aliphatic heterocycles. The van der Waals surface area contributed by atoms with Gasteiger partial charge in [-0.2, -0.15) is 0 Å². The van der Waals surface area contributed by atoms with Gasteiger partial charge in [-0.05, 0) is 32.1 Å². The number of allylic oxidation sites excluding steroid dienone is 1. The minimum Gasteiger partial charge on any atom is -0.463 e. The lowest BCUT2D eigenvalue weighted by Gasteiger charge is -2.12. The van der Waals surface area contributed by atoms with Crippen LogP contribution in [0.2, 0.25) is 0 Å². The number of epoxide rings is 2. The molecule has 31 heavy (non-hydrogen) atoms. The molecule has 2 fully saturated rings. The van der Waals surface area contributed by atoms with Gasteiger partial charge in [0.1, 0.15) is 12.7 Å². The third kappa shape index (κ3) is 12.7. The number of aliphatic hydroxyl groups excluding tert-OH is 1. The van der Waals surface area contributed by atoms with Crippen molar-refractivity contribution in [1.82, 2.24) is 0 Å². The van der Waals surface area contributed by atoms with Crippen molar-refractivity contribution >= 4 is 13.8 Å². The molecule has 180 valence electrons. The zero-order valence-electron chi connectivity index (χ0n) is 18.3. The van der Waals surface area contributed by atoms with Crippen LogP contribution in [0.1, 0.15) is 71.1 Å².